The van der Waals surface area contributed by atoms with E-state index in [1.54, 1.807) is 24.3 Å². The molecule has 0 aliphatic heterocycles. The van der Waals surface area contributed by atoms with Gasteiger partial charge in [0.25, 0.3) is 5.91 Å². The maximum Gasteiger partial charge on any atom is 0.337 e. The van der Waals surface area contributed by atoms with E-state index in [1.165, 1.54) is 19.2 Å². The molecule has 0 aromatic heterocycles. The molecular weight excluding hydrogens is 274 g/mol. The van der Waals surface area contributed by atoms with Crippen molar-refractivity contribution in [1.29, 1.82) is 0 Å². The van der Waals surface area contributed by atoms with Crippen LogP contribution < -0.4 is 10.1 Å². The molecule has 2 rings (SSSR count). The van der Waals surface area contributed by atoms with Crippen LogP contribution in [0.3, 0.4) is 0 Å². The van der Waals surface area contributed by atoms with Crippen LogP contribution in [0.2, 0.25) is 0 Å². The van der Waals surface area contributed by atoms with Gasteiger partial charge in [-0.05, 0) is 30.3 Å². The second-order valence-corrected chi connectivity index (χ2v) is 4.19. The van der Waals surface area contributed by atoms with Gasteiger partial charge in [-0.2, -0.15) is 0 Å². The van der Waals surface area contributed by atoms with Gasteiger partial charge in [-0.1, -0.05) is 12.1 Å². The van der Waals surface area contributed by atoms with Crippen LogP contribution >= 0.6 is 0 Å². The molecule has 0 fully saturated rings. The van der Waals surface area contributed by atoms with Gasteiger partial charge >= 0.3 is 5.97 Å². The molecule has 6 nitrogen and oxygen atoms in total. The number of hydrogen-bond acceptors (Lipinski definition) is 4. The van der Waals surface area contributed by atoms with Crippen LogP contribution in [0, 0.1) is 0 Å². The lowest BCUT2D eigenvalue weighted by atomic mass is 10.1. The standard InChI is InChI=1S/C15H13NO5/c1-21-13-5-3-2-4-10(13)14(18)16-12-7-6-9(17)8-11(12)15(19)20/h2-8,17H,1H3,(H,16,18)(H,19,20). The molecule has 3 N–H and O–H groups in total. The van der Waals surface area contributed by atoms with Gasteiger partial charge in [0.15, 0.2) is 0 Å². The topological polar surface area (TPSA) is 95.9 Å². The third kappa shape index (κ3) is 3.11. The Hall–Kier alpha value is -3.02. The highest BCUT2D eigenvalue weighted by atomic mass is 16.5. The van der Waals surface area contributed by atoms with Gasteiger partial charge in [0, 0.05) is 0 Å². The first-order valence-corrected chi connectivity index (χ1v) is 6.03. The van der Waals surface area contributed by atoms with Crippen LogP contribution in [0.5, 0.6) is 11.5 Å². The van der Waals surface area contributed by atoms with Crippen molar-refractivity contribution in [2.45, 2.75) is 0 Å². The van der Waals surface area contributed by atoms with Gasteiger partial charge in [0.05, 0.1) is 23.9 Å². The quantitative estimate of drug-likeness (QED) is 0.750. The lowest BCUT2D eigenvalue weighted by Gasteiger charge is -2.11. The number of rotatable bonds is 4. The van der Waals surface area contributed by atoms with Crippen LogP contribution in [0.4, 0.5) is 5.69 Å². The van der Waals surface area contributed by atoms with Crippen LogP contribution in [0.15, 0.2) is 42.5 Å². The van der Waals surface area contributed by atoms with Crippen LogP contribution in [0.25, 0.3) is 0 Å². The first-order valence-electron chi connectivity index (χ1n) is 6.03. The fourth-order valence-electron chi connectivity index (χ4n) is 1.84. The van der Waals surface area contributed by atoms with E-state index in [-0.39, 0.29) is 22.6 Å². The Balaban J connectivity index is 2.34. The van der Waals surface area contributed by atoms with Crippen molar-refractivity contribution in [2.75, 3.05) is 12.4 Å². The Bertz CT molecular complexity index is 696. The van der Waals surface area contributed by atoms with Crippen LogP contribution in [-0.4, -0.2) is 29.2 Å². The summed E-state index contributed by atoms with van der Waals surface area (Å²) < 4.78 is 5.08. The number of carbonyl (C=O) groups excluding carboxylic acids is 1. The molecule has 0 spiro atoms. The Morgan fingerprint density at radius 2 is 1.81 bits per heavy atom. The predicted octanol–water partition coefficient (Wildman–Crippen LogP) is 2.35. The van der Waals surface area contributed by atoms with Gasteiger partial charge in [0.2, 0.25) is 0 Å². The minimum absolute atomic E-state index is 0.0937. The number of ether oxygens (including phenoxy) is 1. The number of hydrogen-bond donors (Lipinski definition) is 3. The highest BCUT2D eigenvalue weighted by Crippen LogP contribution is 2.24. The van der Waals surface area contributed by atoms with E-state index in [2.05, 4.69) is 5.32 Å². The van der Waals surface area contributed by atoms with E-state index < -0.39 is 11.9 Å². The number of anilines is 1. The van der Waals surface area contributed by atoms with E-state index in [4.69, 9.17) is 9.84 Å². The number of phenols is 1. The average Bonchev–Trinajstić information content (AvgIpc) is 2.48. The number of nitrogens with one attached hydrogen (secondary N) is 1. The van der Waals surface area contributed by atoms with E-state index in [0.29, 0.717) is 5.75 Å². The van der Waals surface area contributed by atoms with Crippen molar-refractivity contribution in [3.63, 3.8) is 0 Å². The highest BCUT2D eigenvalue weighted by Gasteiger charge is 2.16. The molecule has 0 saturated carbocycles. The van der Waals surface area contributed by atoms with Gasteiger partial charge in [-0.3, -0.25) is 4.79 Å². The summed E-state index contributed by atoms with van der Waals surface area (Å²) in [7, 11) is 1.44. The van der Waals surface area contributed by atoms with Gasteiger partial charge in [-0.15, -0.1) is 0 Å². The van der Waals surface area contributed by atoms with E-state index in [9.17, 15) is 14.7 Å². The fourth-order valence-corrected chi connectivity index (χ4v) is 1.84. The number of para-hydroxylation sites is 1. The van der Waals surface area contributed by atoms with Crippen LogP contribution in [-0.2, 0) is 0 Å². The molecule has 108 valence electrons. The monoisotopic (exact) mass is 287 g/mol. The molecule has 1 amide bonds. The number of carboxylic acids is 1. The average molecular weight is 287 g/mol. The zero-order chi connectivity index (χ0) is 15.4. The Morgan fingerprint density at radius 1 is 1.10 bits per heavy atom. The molecule has 6 heteroatoms. The smallest absolute Gasteiger partial charge is 0.337 e. The molecule has 0 unspecified atom stereocenters. The number of amides is 1. The number of methoxy groups -OCH3 is 1. The summed E-state index contributed by atoms with van der Waals surface area (Å²) in [5.74, 6) is -1.56. The van der Waals surface area contributed by atoms with Crippen LogP contribution in [0.1, 0.15) is 20.7 Å². The number of benzene rings is 2. The predicted molar refractivity (Wildman–Crippen MR) is 76.0 cm³/mol. The molecule has 0 saturated heterocycles. The summed E-state index contributed by atoms with van der Waals surface area (Å²) in [6.07, 6.45) is 0. The molecule has 0 radical (unpaired) electrons. The Kier molecular flexibility index (Phi) is 4.08. The summed E-state index contributed by atoms with van der Waals surface area (Å²) in [5, 5.41) is 20.9. The normalized spacial score (nSPS) is 9.95. The summed E-state index contributed by atoms with van der Waals surface area (Å²) >= 11 is 0. The SMILES string of the molecule is COc1ccccc1C(=O)Nc1ccc(O)cc1C(=O)O. The minimum Gasteiger partial charge on any atom is -0.508 e. The molecule has 0 heterocycles. The van der Waals surface area contributed by atoms with Crippen molar-refractivity contribution < 1.29 is 24.5 Å². The second kappa shape index (κ2) is 5.96. The van der Waals surface area contributed by atoms with E-state index >= 15 is 0 Å². The second-order valence-electron chi connectivity index (χ2n) is 4.19. The molecule has 0 atom stereocenters. The molecule has 0 bridgehead atoms. The Morgan fingerprint density at radius 3 is 2.48 bits per heavy atom. The maximum absolute atomic E-state index is 12.2. The molecule has 21 heavy (non-hydrogen) atoms. The number of aromatic carboxylic acids is 1. The summed E-state index contributed by atoms with van der Waals surface area (Å²) in [4.78, 5) is 23.3. The van der Waals surface area contributed by atoms with E-state index in [0.717, 1.165) is 6.07 Å². The minimum atomic E-state index is -1.25. The summed E-state index contributed by atoms with van der Waals surface area (Å²) in [6, 6.07) is 10.3. The van der Waals surface area contributed by atoms with Crippen molar-refractivity contribution in [2.24, 2.45) is 0 Å². The third-order valence-electron chi connectivity index (χ3n) is 2.83. The third-order valence-corrected chi connectivity index (χ3v) is 2.83. The number of carboxylic acid groups (broad SMARTS) is 1. The highest BCUT2D eigenvalue weighted by molar-refractivity contribution is 6.09. The number of aromatic hydroxyl groups is 1. The van der Waals surface area contributed by atoms with Gasteiger partial charge in [-0.25, -0.2) is 4.79 Å². The van der Waals surface area contributed by atoms with Crippen molar-refractivity contribution in [1.82, 2.24) is 0 Å². The lowest BCUT2D eigenvalue weighted by Crippen LogP contribution is -2.15. The Labute approximate surface area is 120 Å². The van der Waals surface area contributed by atoms with E-state index in [1.807, 2.05) is 0 Å². The molecule has 2 aromatic rings. The first kappa shape index (κ1) is 14.4. The zero-order valence-electron chi connectivity index (χ0n) is 11.2. The largest absolute Gasteiger partial charge is 0.508 e. The molecule has 2 aromatic carbocycles. The van der Waals surface area contributed by atoms with Gasteiger partial charge < -0.3 is 20.3 Å². The van der Waals surface area contributed by atoms with Crippen molar-refractivity contribution >= 4 is 17.6 Å². The van der Waals surface area contributed by atoms with Crippen molar-refractivity contribution in [3.05, 3.63) is 53.6 Å². The fraction of sp³-hybridized carbons (Fsp3) is 0.0667. The number of phenolic OH excluding ortho intramolecular Hbond substituents is 1. The zero-order valence-corrected chi connectivity index (χ0v) is 11.2. The summed E-state index contributed by atoms with van der Waals surface area (Å²) in [6.45, 7) is 0. The van der Waals surface area contributed by atoms with Crippen molar-refractivity contribution in [3.8, 4) is 11.5 Å². The molecule has 0 aliphatic rings. The lowest BCUT2D eigenvalue weighted by molar-refractivity contribution is 0.0697. The maximum atomic E-state index is 12.2. The number of carbonyl (C=O) groups is 2. The molecule has 0 aliphatic carbocycles. The summed E-state index contributed by atoms with van der Waals surface area (Å²) in [5.41, 5.74) is 0.180. The molecular formula is C15H13NO5. The first-order chi connectivity index (χ1) is 10.0. The van der Waals surface area contributed by atoms with Gasteiger partial charge in [0.1, 0.15) is 11.5 Å².